The highest BCUT2D eigenvalue weighted by Crippen LogP contribution is 2.54. The molecular weight excluding hydrogens is 552 g/mol. The number of fused-ring (bicyclic) bond motifs is 3. The van der Waals surface area contributed by atoms with E-state index in [1.165, 1.54) is 4.90 Å². The lowest BCUT2D eigenvalue weighted by Crippen LogP contribution is -2.65. The van der Waals surface area contributed by atoms with Crippen LogP contribution in [-0.4, -0.2) is 91.5 Å². The summed E-state index contributed by atoms with van der Waals surface area (Å²) in [6.45, 7) is 2.18. The molecule has 1 aliphatic heterocycles. The lowest BCUT2D eigenvalue weighted by molar-refractivity contribution is -0.153. The van der Waals surface area contributed by atoms with Crippen LogP contribution in [-0.2, 0) is 27.3 Å². The minimum atomic E-state index is -2.67. The molecule has 11 heteroatoms. The van der Waals surface area contributed by atoms with Crippen molar-refractivity contribution in [2.75, 3.05) is 27.2 Å². The van der Waals surface area contributed by atoms with Crippen molar-refractivity contribution in [1.29, 1.82) is 0 Å². The number of nitrogens with two attached hydrogens (primary N) is 1. The fourth-order valence-corrected chi connectivity index (χ4v) is 7.60. The zero-order valence-corrected chi connectivity index (χ0v) is 24.2. The highest BCUT2D eigenvalue weighted by atomic mass is 16.3. The molecule has 6 N–H and O–H groups in total. The first kappa shape index (κ1) is 29.0. The highest BCUT2D eigenvalue weighted by Gasteiger charge is 2.64. The molecule has 0 bridgehead atoms. The third kappa shape index (κ3) is 4.37. The van der Waals surface area contributed by atoms with Crippen molar-refractivity contribution in [2.24, 2.45) is 17.6 Å². The van der Waals surface area contributed by atoms with E-state index in [0.29, 0.717) is 28.9 Å². The van der Waals surface area contributed by atoms with Gasteiger partial charge in [0.2, 0.25) is 5.78 Å². The fourth-order valence-electron chi connectivity index (χ4n) is 7.60. The van der Waals surface area contributed by atoms with E-state index in [0.717, 1.165) is 32.4 Å². The lowest BCUT2D eigenvalue weighted by atomic mass is 9.57. The molecule has 4 aliphatic rings. The van der Waals surface area contributed by atoms with Gasteiger partial charge in [0.15, 0.2) is 11.4 Å². The van der Waals surface area contributed by atoms with Crippen LogP contribution in [0, 0.1) is 11.8 Å². The predicted octanol–water partition coefficient (Wildman–Crippen LogP) is 2.01. The molecule has 1 aromatic carbocycles. The zero-order chi connectivity index (χ0) is 30.8. The van der Waals surface area contributed by atoms with Crippen molar-refractivity contribution in [3.8, 4) is 17.0 Å². The normalized spacial score (nSPS) is 27.7. The van der Waals surface area contributed by atoms with E-state index in [4.69, 9.17) is 5.73 Å². The van der Waals surface area contributed by atoms with Gasteiger partial charge in [-0.2, -0.15) is 0 Å². The van der Waals surface area contributed by atoms with Crippen molar-refractivity contribution in [1.82, 2.24) is 14.8 Å². The van der Waals surface area contributed by atoms with Crippen molar-refractivity contribution in [2.45, 2.75) is 50.3 Å². The SMILES string of the molecule is CN(C)C1C(=O)C(C(N)=O)=C(O)C2(O)C(=O)C3=C(O)c4c(O)c(CN5CCCCC5)cc(-c5ccccn5)c4CC3CC12. The monoisotopic (exact) mass is 588 g/mol. The summed E-state index contributed by atoms with van der Waals surface area (Å²) in [6, 6.07) is 6.25. The van der Waals surface area contributed by atoms with Gasteiger partial charge < -0.3 is 26.2 Å². The number of nitrogens with zero attached hydrogens (tertiary/aromatic N) is 3. The minimum Gasteiger partial charge on any atom is -0.508 e. The predicted molar refractivity (Wildman–Crippen MR) is 157 cm³/mol. The van der Waals surface area contributed by atoms with Crippen LogP contribution in [0.2, 0.25) is 0 Å². The second-order valence-electron chi connectivity index (χ2n) is 12.3. The maximum Gasteiger partial charge on any atom is 0.255 e. The molecule has 43 heavy (non-hydrogen) atoms. The molecule has 1 saturated carbocycles. The standard InChI is InChI=1S/C32H36N4O7/c1-35(2)25-20-14-16-12-19-18(21-8-4-5-9-34-21)13-17(15-36-10-6-3-7-11-36)26(37)23(19)27(38)22(16)29(40)32(20,43)30(41)24(28(25)39)31(33)42/h4-5,8-9,13,16,20,25,37-38,41,43H,3,6-7,10-12,14-15H2,1-2H3,(H2,33,42). The minimum absolute atomic E-state index is 0.0315. The molecule has 4 unspecified atom stereocenters. The van der Waals surface area contributed by atoms with Gasteiger partial charge >= 0.3 is 0 Å². The number of carbonyl (C=O) groups excluding carboxylic acids is 3. The molecule has 1 aromatic heterocycles. The van der Waals surface area contributed by atoms with Gasteiger partial charge in [0, 0.05) is 35.4 Å². The van der Waals surface area contributed by atoms with Crippen LogP contribution in [0.1, 0.15) is 42.4 Å². The number of aliphatic hydroxyl groups is 3. The number of hydrogen-bond acceptors (Lipinski definition) is 10. The topological polar surface area (TPSA) is 178 Å². The first-order valence-corrected chi connectivity index (χ1v) is 14.6. The van der Waals surface area contributed by atoms with Gasteiger partial charge in [-0.15, -0.1) is 0 Å². The number of amides is 1. The maximum atomic E-state index is 14.2. The van der Waals surface area contributed by atoms with E-state index in [9.17, 15) is 34.8 Å². The van der Waals surface area contributed by atoms with Crippen molar-refractivity contribution in [3.05, 3.63) is 64.1 Å². The molecule has 11 nitrogen and oxygen atoms in total. The summed E-state index contributed by atoms with van der Waals surface area (Å²) in [5, 5.41) is 46.4. The number of aliphatic hydroxyl groups excluding tert-OH is 2. The summed E-state index contributed by atoms with van der Waals surface area (Å²) >= 11 is 0. The lowest BCUT2D eigenvalue weighted by Gasteiger charge is -2.50. The molecule has 6 rings (SSSR count). The summed E-state index contributed by atoms with van der Waals surface area (Å²) < 4.78 is 0. The van der Waals surface area contributed by atoms with E-state index in [1.54, 1.807) is 26.4 Å². The Morgan fingerprint density at radius 3 is 2.49 bits per heavy atom. The first-order valence-electron chi connectivity index (χ1n) is 14.6. The Morgan fingerprint density at radius 1 is 1.14 bits per heavy atom. The smallest absolute Gasteiger partial charge is 0.255 e. The van der Waals surface area contributed by atoms with Crippen LogP contribution in [0.3, 0.4) is 0 Å². The first-order chi connectivity index (χ1) is 20.5. The van der Waals surface area contributed by atoms with Gasteiger partial charge in [-0.1, -0.05) is 12.5 Å². The Balaban J connectivity index is 1.56. The van der Waals surface area contributed by atoms with Crippen LogP contribution in [0.4, 0.5) is 0 Å². The number of carbonyl (C=O) groups is 3. The Bertz CT molecular complexity index is 1590. The van der Waals surface area contributed by atoms with Crippen LogP contribution in [0.25, 0.3) is 17.0 Å². The molecule has 0 radical (unpaired) electrons. The number of likely N-dealkylation sites (tertiary alicyclic amines) is 1. The number of ketones is 2. The second kappa shape index (κ2) is 10.6. The molecule has 2 heterocycles. The molecule has 4 atom stereocenters. The number of phenols is 1. The van der Waals surface area contributed by atoms with E-state index in [1.807, 2.05) is 18.2 Å². The molecule has 1 saturated heterocycles. The maximum absolute atomic E-state index is 14.2. The number of pyridine rings is 1. The van der Waals surface area contributed by atoms with Crippen LogP contribution in [0.5, 0.6) is 5.75 Å². The van der Waals surface area contributed by atoms with Crippen molar-refractivity contribution >= 4 is 23.2 Å². The van der Waals surface area contributed by atoms with Crippen molar-refractivity contribution < 1.29 is 34.8 Å². The number of Topliss-reactive ketones (excluding diaryl/α,β-unsaturated/α-hetero) is 2. The largest absolute Gasteiger partial charge is 0.508 e. The Morgan fingerprint density at radius 2 is 1.86 bits per heavy atom. The molecule has 2 aromatic rings. The highest BCUT2D eigenvalue weighted by molar-refractivity contribution is 6.24. The molecule has 2 fully saturated rings. The van der Waals surface area contributed by atoms with E-state index < -0.39 is 58.0 Å². The molecule has 226 valence electrons. The number of piperidine rings is 1. The number of hydrogen-bond donors (Lipinski definition) is 5. The number of likely N-dealkylation sites (N-methyl/N-ethyl adjacent to an activating group) is 1. The fraction of sp³-hybridized carbons (Fsp3) is 0.438. The van der Waals surface area contributed by atoms with Gasteiger partial charge in [-0.25, -0.2) is 0 Å². The van der Waals surface area contributed by atoms with E-state index >= 15 is 0 Å². The summed E-state index contributed by atoms with van der Waals surface area (Å²) in [6.07, 6.45) is 5.14. The average Bonchev–Trinajstić information content (AvgIpc) is 2.97. The molecular formula is C32H36N4O7. The van der Waals surface area contributed by atoms with Gasteiger partial charge in [0.05, 0.1) is 17.3 Å². The number of rotatable bonds is 5. The summed E-state index contributed by atoms with van der Waals surface area (Å²) in [7, 11) is 3.16. The molecule has 1 amide bonds. The number of aromatic nitrogens is 1. The van der Waals surface area contributed by atoms with Crippen molar-refractivity contribution in [3.63, 3.8) is 0 Å². The van der Waals surface area contributed by atoms with Crippen LogP contribution in [0.15, 0.2) is 47.4 Å². The number of primary amides is 1. The van der Waals surface area contributed by atoms with Gasteiger partial charge in [0.1, 0.15) is 22.8 Å². The van der Waals surface area contributed by atoms with Gasteiger partial charge in [-0.05, 0) is 82.5 Å². The summed E-state index contributed by atoms with van der Waals surface area (Å²) in [5.74, 6) is -6.59. The van der Waals surface area contributed by atoms with E-state index in [2.05, 4.69) is 9.88 Å². The Labute approximate surface area is 248 Å². The van der Waals surface area contributed by atoms with E-state index in [-0.39, 0.29) is 29.7 Å². The Hall–Kier alpha value is -4.06. The quantitative estimate of drug-likeness (QED) is 0.325. The third-order valence-electron chi connectivity index (χ3n) is 9.58. The number of benzene rings is 1. The molecule has 0 spiro atoms. The molecule has 3 aliphatic carbocycles. The summed E-state index contributed by atoms with van der Waals surface area (Å²) in [4.78, 5) is 48.0. The van der Waals surface area contributed by atoms with Crippen LogP contribution >= 0.6 is 0 Å². The van der Waals surface area contributed by atoms with Gasteiger partial charge in [0.25, 0.3) is 5.91 Å². The van der Waals surface area contributed by atoms with Gasteiger partial charge in [-0.3, -0.25) is 29.2 Å². The zero-order valence-electron chi connectivity index (χ0n) is 24.2. The second-order valence-corrected chi connectivity index (χ2v) is 12.3. The summed E-state index contributed by atoms with van der Waals surface area (Å²) in [5.41, 5.74) is 4.37. The number of aromatic hydroxyl groups is 1. The Kier molecular flexibility index (Phi) is 7.15. The average molecular weight is 589 g/mol. The number of phenolic OH excluding ortho intramolecular Hbond substituents is 1. The third-order valence-corrected chi connectivity index (χ3v) is 9.58. The van der Waals surface area contributed by atoms with Crippen LogP contribution < -0.4 is 5.73 Å².